The van der Waals surface area contributed by atoms with Crippen molar-refractivity contribution in [2.24, 2.45) is 5.92 Å². The summed E-state index contributed by atoms with van der Waals surface area (Å²) in [5.74, 6) is 0.148. The van der Waals surface area contributed by atoms with Gasteiger partial charge in [0.25, 0.3) is 0 Å². The number of hydrogen-bond donors (Lipinski definition) is 1. The minimum absolute atomic E-state index is 0.0909. The van der Waals surface area contributed by atoms with Gasteiger partial charge in [0.2, 0.25) is 5.91 Å². The van der Waals surface area contributed by atoms with Crippen molar-refractivity contribution in [3.8, 4) is 5.75 Å². The van der Waals surface area contributed by atoms with Gasteiger partial charge in [-0.2, -0.15) is 0 Å². The summed E-state index contributed by atoms with van der Waals surface area (Å²) < 4.78 is 30.2. The summed E-state index contributed by atoms with van der Waals surface area (Å²) in [6, 6.07) is 4.05. The molecule has 1 aromatic carbocycles. The molecule has 0 saturated carbocycles. The smallest absolute Gasteiger partial charge is 0.232 e. The van der Waals surface area contributed by atoms with Crippen LogP contribution in [0, 0.1) is 11.7 Å². The molecule has 0 bridgehead atoms. The van der Waals surface area contributed by atoms with Crippen LogP contribution in [0.1, 0.15) is 19.4 Å². The number of hydrogen-bond acceptors (Lipinski definition) is 3. The Bertz CT molecular complexity index is 491. The van der Waals surface area contributed by atoms with Crippen molar-refractivity contribution in [3.63, 3.8) is 0 Å². The number of rotatable bonds is 7. The highest BCUT2D eigenvalue weighted by atomic mass is 32.2. The molecule has 0 radical (unpaired) electrons. The monoisotopic (exact) mass is 301 g/mol. The van der Waals surface area contributed by atoms with E-state index in [1.54, 1.807) is 0 Å². The summed E-state index contributed by atoms with van der Waals surface area (Å²) in [5, 5.41) is 2.70. The average molecular weight is 301 g/mol. The zero-order chi connectivity index (χ0) is 15.1. The summed E-state index contributed by atoms with van der Waals surface area (Å²) in [6.07, 6.45) is 0. The van der Waals surface area contributed by atoms with E-state index >= 15 is 0 Å². The number of halogens is 1. The van der Waals surface area contributed by atoms with Gasteiger partial charge in [-0.25, -0.2) is 4.39 Å². The molecule has 0 aliphatic heterocycles. The molecule has 0 fully saturated rings. The molecule has 0 saturated heterocycles. The van der Waals surface area contributed by atoms with Gasteiger partial charge in [-0.05, 0) is 24.1 Å². The van der Waals surface area contributed by atoms with Crippen LogP contribution in [0.5, 0.6) is 5.75 Å². The van der Waals surface area contributed by atoms with Crippen LogP contribution in [0.15, 0.2) is 18.2 Å². The van der Waals surface area contributed by atoms with Gasteiger partial charge in [-0.15, -0.1) is 0 Å². The molecule has 0 aliphatic rings. The second-order valence-electron chi connectivity index (χ2n) is 4.88. The standard InChI is InChI=1S/C14H20FNO3S/c1-10(2)7-16-14(17)9-20(18)8-11-6-12(15)4-5-13(11)19-3/h4-6,10H,7-9H2,1-3H3,(H,16,17)/t20-/m1/s1. The summed E-state index contributed by atoms with van der Waals surface area (Å²) in [7, 11) is 0.0726. The Hall–Kier alpha value is -1.43. The molecular formula is C14H20FNO3S. The van der Waals surface area contributed by atoms with E-state index in [9.17, 15) is 13.4 Å². The number of ether oxygens (including phenoxy) is 1. The third-order valence-corrected chi connectivity index (χ3v) is 3.78. The van der Waals surface area contributed by atoms with Crippen molar-refractivity contribution in [1.29, 1.82) is 0 Å². The van der Waals surface area contributed by atoms with Crippen molar-refractivity contribution in [2.45, 2.75) is 19.6 Å². The minimum atomic E-state index is -1.39. The van der Waals surface area contributed by atoms with Crippen molar-refractivity contribution in [1.82, 2.24) is 5.32 Å². The molecule has 1 N–H and O–H groups in total. The van der Waals surface area contributed by atoms with Crippen LogP contribution in [-0.4, -0.2) is 29.5 Å². The van der Waals surface area contributed by atoms with E-state index in [-0.39, 0.29) is 17.4 Å². The average Bonchev–Trinajstić information content (AvgIpc) is 2.36. The fraction of sp³-hybridized carbons (Fsp3) is 0.500. The van der Waals surface area contributed by atoms with Crippen molar-refractivity contribution in [2.75, 3.05) is 19.4 Å². The Kier molecular flexibility index (Phi) is 6.64. The van der Waals surface area contributed by atoms with Gasteiger partial charge in [0, 0.05) is 22.9 Å². The molecule has 1 rings (SSSR count). The molecule has 0 aromatic heterocycles. The first-order valence-electron chi connectivity index (χ1n) is 6.36. The second-order valence-corrected chi connectivity index (χ2v) is 6.34. The van der Waals surface area contributed by atoms with Crippen LogP contribution in [-0.2, 0) is 21.3 Å². The number of methoxy groups -OCH3 is 1. The molecule has 6 heteroatoms. The highest BCUT2D eigenvalue weighted by Gasteiger charge is 2.12. The molecular weight excluding hydrogens is 281 g/mol. The quantitative estimate of drug-likeness (QED) is 0.836. The molecule has 0 unspecified atom stereocenters. The van der Waals surface area contributed by atoms with Gasteiger partial charge in [0.05, 0.1) is 12.9 Å². The largest absolute Gasteiger partial charge is 0.496 e. The van der Waals surface area contributed by atoms with Crippen LogP contribution in [0.3, 0.4) is 0 Å². The predicted octanol–water partition coefficient (Wildman–Crippen LogP) is 1.86. The van der Waals surface area contributed by atoms with E-state index in [0.29, 0.717) is 23.8 Å². The first-order valence-corrected chi connectivity index (χ1v) is 7.85. The van der Waals surface area contributed by atoms with E-state index in [2.05, 4.69) is 5.32 Å². The minimum Gasteiger partial charge on any atom is -0.496 e. The number of benzene rings is 1. The highest BCUT2D eigenvalue weighted by Crippen LogP contribution is 2.20. The zero-order valence-electron chi connectivity index (χ0n) is 11.9. The molecule has 0 heterocycles. The van der Waals surface area contributed by atoms with Crippen molar-refractivity contribution >= 4 is 16.7 Å². The lowest BCUT2D eigenvalue weighted by Gasteiger charge is -2.09. The molecule has 0 aliphatic carbocycles. The van der Waals surface area contributed by atoms with Gasteiger partial charge in [0.1, 0.15) is 17.3 Å². The summed E-state index contributed by atoms with van der Waals surface area (Å²) >= 11 is 0. The lowest BCUT2D eigenvalue weighted by atomic mass is 10.2. The number of amides is 1. The first-order chi connectivity index (χ1) is 9.42. The molecule has 4 nitrogen and oxygen atoms in total. The third kappa shape index (κ3) is 5.69. The predicted molar refractivity (Wildman–Crippen MR) is 77.5 cm³/mol. The second kappa shape index (κ2) is 7.99. The Morgan fingerprint density at radius 3 is 2.75 bits per heavy atom. The van der Waals surface area contributed by atoms with Gasteiger partial charge < -0.3 is 10.1 Å². The van der Waals surface area contributed by atoms with Crippen LogP contribution >= 0.6 is 0 Å². The zero-order valence-corrected chi connectivity index (χ0v) is 12.8. The molecule has 1 atom stereocenters. The number of carbonyl (C=O) groups is 1. The van der Waals surface area contributed by atoms with Gasteiger partial charge in [0.15, 0.2) is 0 Å². The Morgan fingerprint density at radius 2 is 2.15 bits per heavy atom. The van der Waals surface area contributed by atoms with E-state index < -0.39 is 16.6 Å². The number of carbonyl (C=O) groups excluding carboxylic acids is 1. The Labute approximate surface area is 121 Å². The van der Waals surface area contributed by atoms with Crippen LogP contribution in [0.25, 0.3) is 0 Å². The topological polar surface area (TPSA) is 55.4 Å². The number of nitrogens with one attached hydrogen (secondary N) is 1. The van der Waals surface area contributed by atoms with Crippen LogP contribution in [0.2, 0.25) is 0 Å². The van der Waals surface area contributed by atoms with E-state index in [1.165, 1.54) is 25.3 Å². The molecule has 0 spiro atoms. The van der Waals surface area contributed by atoms with Crippen molar-refractivity contribution < 1.29 is 18.1 Å². The van der Waals surface area contributed by atoms with E-state index in [4.69, 9.17) is 4.74 Å². The fourth-order valence-corrected chi connectivity index (χ4v) is 2.67. The maximum atomic E-state index is 13.2. The highest BCUT2D eigenvalue weighted by molar-refractivity contribution is 7.84. The molecule has 20 heavy (non-hydrogen) atoms. The third-order valence-electron chi connectivity index (χ3n) is 2.56. The fourth-order valence-electron chi connectivity index (χ4n) is 1.60. The van der Waals surface area contributed by atoms with E-state index in [0.717, 1.165) is 0 Å². The van der Waals surface area contributed by atoms with Crippen molar-refractivity contribution in [3.05, 3.63) is 29.6 Å². The molecule has 1 amide bonds. The maximum Gasteiger partial charge on any atom is 0.232 e. The maximum absolute atomic E-state index is 13.2. The van der Waals surface area contributed by atoms with Gasteiger partial charge in [-0.1, -0.05) is 13.8 Å². The molecule has 112 valence electrons. The van der Waals surface area contributed by atoms with Crippen LogP contribution in [0.4, 0.5) is 4.39 Å². The van der Waals surface area contributed by atoms with Gasteiger partial charge in [-0.3, -0.25) is 9.00 Å². The summed E-state index contributed by atoms with van der Waals surface area (Å²) in [4.78, 5) is 11.6. The normalized spacial score (nSPS) is 12.2. The SMILES string of the molecule is COc1ccc(F)cc1C[S@@](=O)CC(=O)NCC(C)C. The lowest BCUT2D eigenvalue weighted by molar-refractivity contribution is -0.118. The first kappa shape index (κ1) is 16.6. The molecule has 1 aromatic rings. The Morgan fingerprint density at radius 1 is 1.45 bits per heavy atom. The lowest BCUT2D eigenvalue weighted by Crippen LogP contribution is -2.31. The van der Waals surface area contributed by atoms with E-state index in [1.807, 2.05) is 13.8 Å². The van der Waals surface area contributed by atoms with Gasteiger partial charge >= 0.3 is 0 Å². The Balaban J connectivity index is 2.58. The van der Waals surface area contributed by atoms with Crippen LogP contribution < -0.4 is 10.1 Å². The summed E-state index contributed by atoms with van der Waals surface area (Å²) in [5.41, 5.74) is 0.502. The summed E-state index contributed by atoms with van der Waals surface area (Å²) in [6.45, 7) is 4.52.